The molecule has 2 aromatic rings. The summed E-state index contributed by atoms with van der Waals surface area (Å²) in [5, 5.41) is 2.89. The third kappa shape index (κ3) is 3.28. The van der Waals surface area contributed by atoms with Crippen molar-refractivity contribution in [2.75, 3.05) is 30.4 Å². The second kappa shape index (κ2) is 7.04. The first-order valence-corrected chi connectivity index (χ1v) is 9.23. The summed E-state index contributed by atoms with van der Waals surface area (Å²) >= 11 is 0. The van der Waals surface area contributed by atoms with E-state index in [4.69, 9.17) is 4.74 Å². The molecule has 1 N–H and O–H groups in total. The molecule has 2 aliphatic rings. The van der Waals surface area contributed by atoms with E-state index in [1.165, 1.54) is 4.90 Å². The smallest absolute Gasteiger partial charge is 0.419 e. The molecule has 4 rings (SSSR count). The minimum absolute atomic E-state index is 0.139. The standard InChI is InChI=1S/C21H23N3O3/c1-14-13-23(2)12-11-19(14)27-21(26)24-17-9-5-3-7-15(17)20(25)22-16-8-4-6-10-18(16)24/h3-10,14,19H,11-13H2,1-2H3,(H,22,25)/t14-,19-/m0/s1. The van der Waals surface area contributed by atoms with Gasteiger partial charge in [-0.3, -0.25) is 4.79 Å². The molecule has 0 unspecified atom stereocenters. The first-order valence-electron chi connectivity index (χ1n) is 9.23. The Kier molecular flexibility index (Phi) is 4.58. The summed E-state index contributed by atoms with van der Waals surface area (Å²) in [7, 11) is 2.08. The zero-order valence-electron chi connectivity index (χ0n) is 15.5. The van der Waals surface area contributed by atoms with Crippen LogP contribution in [0.5, 0.6) is 0 Å². The number of rotatable bonds is 1. The summed E-state index contributed by atoms with van der Waals surface area (Å²) in [4.78, 5) is 29.6. The van der Waals surface area contributed by atoms with Crippen LogP contribution in [-0.2, 0) is 4.74 Å². The molecule has 27 heavy (non-hydrogen) atoms. The Balaban J connectivity index is 1.71. The predicted molar refractivity (Wildman–Crippen MR) is 105 cm³/mol. The van der Waals surface area contributed by atoms with E-state index in [2.05, 4.69) is 24.2 Å². The summed E-state index contributed by atoms with van der Waals surface area (Å²) in [5.74, 6) is 0.0194. The Labute approximate surface area is 158 Å². The van der Waals surface area contributed by atoms with Gasteiger partial charge >= 0.3 is 6.09 Å². The molecule has 6 nitrogen and oxygen atoms in total. The summed E-state index contributed by atoms with van der Waals surface area (Å²) in [6, 6.07) is 14.4. The molecule has 6 heteroatoms. The number of anilines is 3. The lowest BCUT2D eigenvalue weighted by atomic mass is 9.97. The quantitative estimate of drug-likeness (QED) is 0.833. The highest BCUT2D eigenvalue weighted by Gasteiger charge is 2.34. The van der Waals surface area contributed by atoms with E-state index in [1.54, 1.807) is 24.3 Å². The lowest BCUT2D eigenvalue weighted by Crippen LogP contribution is -2.43. The van der Waals surface area contributed by atoms with Crippen molar-refractivity contribution in [2.45, 2.75) is 19.4 Å². The van der Waals surface area contributed by atoms with Crippen molar-refractivity contribution in [2.24, 2.45) is 5.92 Å². The lowest BCUT2D eigenvalue weighted by molar-refractivity contribution is 0.0262. The Morgan fingerprint density at radius 1 is 1.11 bits per heavy atom. The van der Waals surface area contributed by atoms with E-state index >= 15 is 0 Å². The molecule has 2 aromatic carbocycles. The molecule has 140 valence electrons. The van der Waals surface area contributed by atoms with Gasteiger partial charge in [0.15, 0.2) is 0 Å². The van der Waals surface area contributed by atoms with Gasteiger partial charge < -0.3 is 15.0 Å². The average Bonchev–Trinajstić information content (AvgIpc) is 2.78. The lowest BCUT2D eigenvalue weighted by Gasteiger charge is -2.35. The molecule has 0 aromatic heterocycles. The van der Waals surface area contributed by atoms with Crippen LogP contribution in [0.3, 0.4) is 0 Å². The van der Waals surface area contributed by atoms with Crippen LogP contribution in [0.2, 0.25) is 0 Å². The highest BCUT2D eigenvalue weighted by Crippen LogP contribution is 2.38. The van der Waals surface area contributed by atoms with Crippen LogP contribution in [0.15, 0.2) is 48.5 Å². The number of ether oxygens (including phenoxy) is 1. The van der Waals surface area contributed by atoms with E-state index in [1.807, 2.05) is 24.3 Å². The molecule has 2 amide bonds. The molecule has 0 spiro atoms. The number of carbonyl (C=O) groups excluding carboxylic acids is 2. The Morgan fingerprint density at radius 3 is 2.59 bits per heavy atom. The molecule has 0 saturated carbocycles. The Hall–Kier alpha value is -2.86. The van der Waals surface area contributed by atoms with Crippen LogP contribution in [-0.4, -0.2) is 43.1 Å². The molecule has 0 aliphatic carbocycles. The fourth-order valence-electron chi connectivity index (χ4n) is 3.84. The van der Waals surface area contributed by atoms with Gasteiger partial charge in [0.2, 0.25) is 0 Å². The van der Waals surface area contributed by atoms with Gasteiger partial charge in [-0.2, -0.15) is 0 Å². The van der Waals surface area contributed by atoms with Crippen molar-refractivity contribution < 1.29 is 14.3 Å². The number of likely N-dealkylation sites (tertiary alicyclic amines) is 1. The van der Waals surface area contributed by atoms with Crippen molar-refractivity contribution in [1.82, 2.24) is 4.90 Å². The van der Waals surface area contributed by atoms with Gasteiger partial charge in [-0.15, -0.1) is 0 Å². The molecule has 1 fully saturated rings. The number of amides is 2. The molecular formula is C21H23N3O3. The van der Waals surface area contributed by atoms with Crippen molar-refractivity contribution in [3.63, 3.8) is 0 Å². The van der Waals surface area contributed by atoms with Gasteiger partial charge in [0.1, 0.15) is 6.10 Å². The molecule has 2 atom stereocenters. The molecular weight excluding hydrogens is 342 g/mol. The summed E-state index contributed by atoms with van der Waals surface area (Å²) in [6.07, 6.45) is 0.213. The molecule has 2 aliphatic heterocycles. The SMILES string of the molecule is C[C@H]1CN(C)CC[C@@H]1OC(=O)N1c2ccccc2NC(=O)c2ccccc21. The number of hydrogen-bond donors (Lipinski definition) is 1. The van der Waals surface area contributed by atoms with Gasteiger partial charge in [-0.05, 0) is 37.7 Å². The van der Waals surface area contributed by atoms with Crippen LogP contribution in [0.25, 0.3) is 0 Å². The van der Waals surface area contributed by atoms with Gasteiger partial charge in [0.25, 0.3) is 5.91 Å². The van der Waals surface area contributed by atoms with E-state index < -0.39 is 6.09 Å². The maximum atomic E-state index is 13.2. The van der Waals surface area contributed by atoms with E-state index in [0.29, 0.717) is 22.6 Å². The molecule has 0 radical (unpaired) electrons. The first-order chi connectivity index (χ1) is 13.0. The van der Waals surface area contributed by atoms with Crippen LogP contribution < -0.4 is 10.2 Å². The third-order valence-corrected chi connectivity index (χ3v) is 5.25. The van der Waals surface area contributed by atoms with Gasteiger partial charge in [-0.1, -0.05) is 31.2 Å². The molecule has 0 bridgehead atoms. The first kappa shape index (κ1) is 17.5. The second-order valence-corrected chi connectivity index (χ2v) is 7.27. The number of nitrogens with one attached hydrogen (secondary N) is 1. The van der Waals surface area contributed by atoms with E-state index in [9.17, 15) is 9.59 Å². The van der Waals surface area contributed by atoms with Crippen LogP contribution in [0.1, 0.15) is 23.7 Å². The normalized spacial score (nSPS) is 22.3. The average molecular weight is 365 g/mol. The van der Waals surface area contributed by atoms with E-state index in [0.717, 1.165) is 19.5 Å². The predicted octanol–water partition coefficient (Wildman–Crippen LogP) is 3.87. The maximum absolute atomic E-state index is 13.2. The number of hydrogen-bond acceptors (Lipinski definition) is 4. The molecule has 1 saturated heterocycles. The summed E-state index contributed by atoms with van der Waals surface area (Å²) in [6.45, 7) is 3.89. The van der Waals surface area contributed by atoms with Crippen molar-refractivity contribution in [3.8, 4) is 0 Å². The number of piperidine rings is 1. The molecule has 2 heterocycles. The van der Waals surface area contributed by atoms with Crippen molar-refractivity contribution in [3.05, 3.63) is 54.1 Å². The van der Waals surface area contributed by atoms with Crippen molar-refractivity contribution >= 4 is 29.1 Å². The van der Waals surface area contributed by atoms with Crippen LogP contribution in [0, 0.1) is 5.92 Å². The summed E-state index contributed by atoms with van der Waals surface area (Å²) < 4.78 is 5.92. The van der Waals surface area contributed by atoms with Crippen LogP contribution in [0.4, 0.5) is 21.9 Å². The minimum atomic E-state index is -0.451. The second-order valence-electron chi connectivity index (χ2n) is 7.27. The maximum Gasteiger partial charge on any atom is 0.419 e. The fraction of sp³-hybridized carbons (Fsp3) is 0.333. The van der Waals surface area contributed by atoms with Crippen LogP contribution >= 0.6 is 0 Å². The topological polar surface area (TPSA) is 61.9 Å². The highest BCUT2D eigenvalue weighted by molar-refractivity contribution is 6.16. The van der Waals surface area contributed by atoms with Gasteiger partial charge in [-0.25, -0.2) is 9.69 Å². The number of para-hydroxylation sites is 3. The Bertz CT molecular complexity index is 882. The summed E-state index contributed by atoms with van der Waals surface area (Å²) in [5.41, 5.74) is 2.18. The number of fused-ring (bicyclic) bond motifs is 2. The van der Waals surface area contributed by atoms with Gasteiger partial charge in [0.05, 0.1) is 22.6 Å². The largest absolute Gasteiger partial charge is 0.445 e. The monoisotopic (exact) mass is 365 g/mol. The third-order valence-electron chi connectivity index (χ3n) is 5.25. The fourth-order valence-corrected chi connectivity index (χ4v) is 3.84. The van der Waals surface area contributed by atoms with Gasteiger partial charge in [0, 0.05) is 19.0 Å². The van der Waals surface area contributed by atoms with Crippen molar-refractivity contribution in [1.29, 1.82) is 0 Å². The minimum Gasteiger partial charge on any atom is -0.445 e. The number of benzene rings is 2. The Morgan fingerprint density at radius 2 is 1.81 bits per heavy atom. The zero-order chi connectivity index (χ0) is 19.0. The highest BCUT2D eigenvalue weighted by atomic mass is 16.6. The zero-order valence-corrected chi connectivity index (χ0v) is 15.5. The number of carbonyl (C=O) groups is 2. The van der Waals surface area contributed by atoms with E-state index in [-0.39, 0.29) is 17.9 Å². The number of nitrogens with zero attached hydrogens (tertiary/aromatic N) is 2.